The second kappa shape index (κ2) is 19.9. The minimum atomic E-state index is -1.61. The van der Waals surface area contributed by atoms with E-state index in [1.165, 1.54) is 20.1 Å². The number of fused-ring (bicyclic) bond motifs is 1. The summed E-state index contributed by atoms with van der Waals surface area (Å²) in [6, 6.07) is 2.46. The van der Waals surface area contributed by atoms with Crippen molar-refractivity contribution in [3.63, 3.8) is 0 Å². The molecule has 3 aliphatic heterocycles. The molecule has 16 nitrogen and oxygen atoms in total. The van der Waals surface area contributed by atoms with Crippen LogP contribution in [0.2, 0.25) is 0 Å². The van der Waals surface area contributed by atoms with Gasteiger partial charge >= 0.3 is 12.1 Å². The number of nitrogens with zero attached hydrogens (tertiary/aromatic N) is 5. The summed E-state index contributed by atoms with van der Waals surface area (Å²) in [5.41, 5.74) is -1.30. The second-order valence-electron chi connectivity index (χ2n) is 17.5. The molecule has 0 aromatic carbocycles. The molecule has 338 valence electrons. The lowest BCUT2D eigenvalue weighted by atomic mass is 9.72. The average molecular weight is 854 g/mol. The van der Waals surface area contributed by atoms with Gasteiger partial charge in [0, 0.05) is 68.0 Å². The van der Waals surface area contributed by atoms with Gasteiger partial charge in [0.1, 0.15) is 23.9 Å². The van der Waals surface area contributed by atoms with Gasteiger partial charge in [0.05, 0.1) is 43.0 Å². The third kappa shape index (κ3) is 9.88. The largest absolute Gasteiger partial charge is 0.481 e. The van der Waals surface area contributed by atoms with Crippen molar-refractivity contribution < 1.29 is 52.7 Å². The molecule has 0 bridgehead atoms. The minimum Gasteiger partial charge on any atom is -0.481 e. The van der Waals surface area contributed by atoms with Crippen molar-refractivity contribution >= 4 is 23.6 Å². The number of carbonyl (C=O) groups is 4. The van der Waals surface area contributed by atoms with Crippen LogP contribution in [0.15, 0.2) is 43.5 Å². The number of rotatable bonds is 13. The Hall–Kier alpha value is -4.22. The molecule has 0 spiro atoms. The molecule has 1 amide bonds. The number of likely N-dealkylation sites (N-methyl/N-ethyl adjacent to an activating group) is 1. The van der Waals surface area contributed by atoms with Crippen molar-refractivity contribution in [3.05, 3.63) is 43.5 Å². The van der Waals surface area contributed by atoms with E-state index in [1.807, 2.05) is 42.7 Å². The molecule has 5 rings (SSSR count). The molecule has 1 N–H and O–H groups in total. The van der Waals surface area contributed by atoms with Gasteiger partial charge < -0.3 is 43.0 Å². The molecule has 3 saturated heterocycles. The molecule has 2 aromatic heterocycles. The number of ketones is 2. The Morgan fingerprint density at radius 2 is 1.72 bits per heavy atom. The van der Waals surface area contributed by atoms with Crippen LogP contribution in [0.5, 0.6) is 5.88 Å². The van der Waals surface area contributed by atoms with Gasteiger partial charge in [0.15, 0.2) is 17.7 Å². The van der Waals surface area contributed by atoms with E-state index in [4.69, 9.17) is 28.4 Å². The third-order valence-electron chi connectivity index (χ3n) is 13.1. The van der Waals surface area contributed by atoms with Gasteiger partial charge in [-0.2, -0.15) is 0 Å². The van der Waals surface area contributed by atoms with E-state index >= 15 is 0 Å². The molecule has 5 heterocycles. The van der Waals surface area contributed by atoms with Crippen LogP contribution in [0, 0.1) is 23.7 Å². The molecule has 0 radical (unpaired) electrons. The summed E-state index contributed by atoms with van der Waals surface area (Å²) in [6.07, 6.45) is 3.65. The molecule has 0 saturated carbocycles. The van der Waals surface area contributed by atoms with Gasteiger partial charge in [0.2, 0.25) is 5.88 Å². The number of imidazole rings is 1. The summed E-state index contributed by atoms with van der Waals surface area (Å²) in [6.45, 7) is 17.1. The highest BCUT2D eigenvalue weighted by atomic mass is 16.7. The van der Waals surface area contributed by atoms with Crippen molar-refractivity contribution in [2.24, 2.45) is 23.7 Å². The number of ether oxygens (including phenoxy) is 6. The number of carbonyl (C=O) groups excluding carboxylic acids is 4. The molecule has 61 heavy (non-hydrogen) atoms. The van der Waals surface area contributed by atoms with Gasteiger partial charge in [-0.15, -0.1) is 0 Å². The summed E-state index contributed by atoms with van der Waals surface area (Å²) in [5.74, 6) is -4.74. The number of methoxy groups -OCH3 is 2. The molecular weight excluding hydrogens is 787 g/mol. The zero-order valence-corrected chi connectivity index (χ0v) is 37.7. The SMILES string of the molecule is C=C[C@]12OC(=O)N(CCCCn3cnc(-c4ccc(OC)nc4)c3)[C@H]1[C@H](C)C(=O)[C@H](C)C[C@](C)(OC)[C@H](OC1O[C@H](C)C[C@H](N(C)C)[C@H]1O)[C@@H](C)C(=O)[C@@H](C)C(=O)O[C@H]2CC. The first-order chi connectivity index (χ1) is 28.9. The summed E-state index contributed by atoms with van der Waals surface area (Å²) in [4.78, 5) is 69.5. The van der Waals surface area contributed by atoms with Gasteiger partial charge in [-0.3, -0.25) is 19.3 Å². The Balaban J connectivity index is 1.44. The topological polar surface area (TPSA) is 181 Å². The van der Waals surface area contributed by atoms with Gasteiger partial charge in [-0.05, 0) is 79.1 Å². The summed E-state index contributed by atoms with van der Waals surface area (Å²) in [5, 5.41) is 11.5. The van der Waals surface area contributed by atoms with Crippen LogP contribution in [0.25, 0.3) is 11.3 Å². The number of esters is 1. The molecule has 1 unspecified atom stereocenters. The fourth-order valence-electron chi connectivity index (χ4n) is 9.54. The van der Waals surface area contributed by atoms with E-state index < -0.39 is 83.4 Å². The summed E-state index contributed by atoms with van der Waals surface area (Å²) < 4.78 is 38.4. The zero-order valence-electron chi connectivity index (χ0n) is 37.7. The molecular formula is C45H67N5O11. The minimum absolute atomic E-state index is 0.0998. The number of hydrogen-bond acceptors (Lipinski definition) is 14. The van der Waals surface area contributed by atoms with Crippen molar-refractivity contribution in [1.29, 1.82) is 0 Å². The molecule has 2 aromatic rings. The average Bonchev–Trinajstić information content (AvgIpc) is 3.84. The fraction of sp³-hybridized carbons (Fsp3) is 0.689. The number of aliphatic hydroxyl groups excluding tert-OH is 1. The molecule has 3 aliphatic rings. The van der Waals surface area contributed by atoms with Crippen LogP contribution in [-0.4, -0.2) is 142 Å². The van der Waals surface area contributed by atoms with Crippen LogP contribution in [0.3, 0.4) is 0 Å². The smallest absolute Gasteiger partial charge is 0.411 e. The molecule has 16 heteroatoms. The number of hydrogen-bond donors (Lipinski definition) is 1. The first kappa shape index (κ1) is 47.8. The Labute approximate surface area is 360 Å². The molecule has 13 atom stereocenters. The number of cyclic esters (lactones) is 1. The van der Waals surface area contributed by atoms with Crippen molar-refractivity contribution in [3.8, 4) is 17.1 Å². The van der Waals surface area contributed by atoms with E-state index in [2.05, 4.69) is 16.5 Å². The maximum atomic E-state index is 14.8. The normalized spacial score (nSPS) is 35.4. The van der Waals surface area contributed by atoms with Crippen molar-refractivity contribution in [2.75, 3.05) is 34.9 Å². The third-order valence-corrected chi connectivity index (χ3v) is 13.1. The highest BCUT2D eigenvalue weighted by molar-refractivity contribution is 6.00. The Morgan fingerprint density at radius 3 is 2.33 bits per heavy atom. The highest BCUT2D eigenvalue weighted by Gasteiger charge is 2.61. The number of unbranched alkanes of at least 4 members (excludes halogenated alkanes) is 1. The number of Topliss-reactive ketones (excluding diaryl/α,β-unsaturated/α-hetero) is 2. The monoisotopic (exact) mass is 853 g/mol. The van der Waals surface area contributed by atoms with Crippen LogP contribution >= 0.6 is 0 Å². The maximum Gasteiger partial charge on any atom is 0.411 e. The van der Waals surface area contributed by atoms with E-state index in [0.29, 0.717) is 31.7 Å². The predicted octanol–water partition coefficient (Wildman–Crippen LogP) is 5.10. The lowest BCUT2D eigenvalue weighted by Crippen LogP contribution is -2.60. The van der Waals surface area contributed by atoms with Gasteiger partial charge in [-0.1, -0.05) is 34.3 Å². The maximum absolute atomic E-state index is 14.8. The standard InChI is InChI=1S/C45H67N5O11/c1-13-34-45(14-2)39(50(43(55)61-45)20-16-15-19-49-24-32(47-25-49)31-17-18-35(56-11)46-23-31)28(5)36(51)26(3)22-44(8,57-12)40(29(6)37(52)30(7)41(54)59-34)60-42-38(53)33(48(9)10)21-27(4)58-42/h14,17-18,23-30,33-34,38-40,42,53H,2,13,15-16,19-22H2,1,3-12H3/t26-,27-,28-,29+,30-,33+,34+,38-,39+,40-,42?,44+,45-/m1/s1. The fourth-order valence-corrected chi connectivity index (χ4v) is 9.54. The number of pyridine rings is 1. The summed E-state index contributed by atoms with van der Waals surface area (Å²) >= 11 is 0. The molecule has 0 aliphatic carbocycles. The van der Waals surface area contributed by atoms with Crippen molar-refractivity contribution in [2.45, 2.75) is 141 Å². The van der Waals surface area contributed by atoms with Gasteiger partial charge in [0.25, 0.3) is 0 Å². The highest BCUT2D eigenvalue weighted by Crippen LogP contribution is 2.44. The van der Waals surface area contributed by atoms with Crippen LogP contribution in [0.1, 0.15) is 80.6 Å². The Bertz CT molecular complexity index is 1860. The first-order valence-electron chi connectivity index (χ1n) is 21.5. The summed E-state index contributed by atoms with van der Waals surface area (Å²) in [7, 11) is 6.78. The van der Waals surface area contributed by atoms with E-state index in [0.717, 1.165) is 11.3 Å². The number of aryl methyl sites for hydroxylation is 1. The van der Waals surface area contributed by atoms with E-state index in [1.54, 1.807) is 65.2 Å². The number of aliphatic hydroxyl groups is 1. The predicted molar refractivity (Wildman–Crippen MR) is 225 cm³/mol. The van der Waals surface area contributed by atoms with E-state index in [-0.39, 0.29) is 37.3 Å². The Morgan fingerprint density at radius 1 is 1.02 bits per heavy atom. The van der Waals surface area contributed by atoms with E-state index in [9.17, 15) is 24.3 Å². The van der Waals surface area contributed by atoms with Crippen LogP contribution < -0.4 is 4.74 Å². The lowest BCUT2D eigenvalue weighted by molar-refractivity contribution is -0.295. The van der Waals surface area contributed by atoms with Crippen LogP contribution in [-0.2, 0) is 44.6 Å². The van der Waals surface area contributed by atoms with Crippen LogP contribution in [0.4, 0.5) is 4.79 Å². The lowest BCUT2D eigenvalue weighted by Gasteiger charge is -2.47. The Kier molecular flexibility index (Phi) is 15.6. The van der Waals surface area contributed by atoms with Crippen molar-refractivity contribution in [1.82, 2.24) is 24.3 Å². The number of aromatic nitrogens is 3. The van der Waals surface area contributed by atoms with Gasteiger partial charge in [-0.25, -0.2) is 14.8 Å². The quantitative estimate of drug-likeness (QED) is 0.122. The first-order valence-corrected chi connectivity index (χ1v) is 21.5. The second-order valence-corrected chi connectivity index (χ2v) is 17.5. The number of amides is 1. The zero-order chi connectivity index (χ0) is 45.0. The molecule has 3 fully saturated rings.